The number of aryl methyl sites for hydroxylation is 1. The fraction of sp³-hybridized carbons (Fsp3) is 0.400. The molecular weight excluding hydrogens is 298 g/mol. The summed E-state index contributed by atoms with van der Waals surface area (Å²) in [5, 5.41) is 9.67. The number of ether oxygens (including phenoxy) is 1. The molecule has 0 saturated carbocycles. The highest BCUT2D eigenvalue weighted by molar-refractivity contribution is 5.82. The summed E-state index contributed by atoms with van der Waals surface area (Å²) in [4.78, 5) is 4.56. The van der Waals surface area contributed by atoms with E-state index in [0.717, 1.165) is 60.2 Å². The standard InChI is InChI=1S/C20H25N3O/c1-4-6-11-17-14(9-5-2)19(16(13-21)20(22)23-17)15-10-7-8-12-18(15)24-3/h7-8,10,12H,4-6,9,11H2,1-3H3,(H2,22,23). The molecule has 0 aliphatic rings. The van der Waals surface area contributed by atoms with Crippen LogP contribution >= 0.6 is 0 Å². The lowest BCUT2D eigenvalue weighted by molar-refractivity contribution is 0.416. The van der Waals surface area contributed by atoms with Crippen molar-refractivity contribution < 1.29 is 4.74 Å². The summed E-state index contributed by atoms with van der Waals surface area (Å²) in [5.41, 5.74) is 10.5. The third-order valence-electron chi connectivity index (χ3n) is 4.17. The Labute approximate surface area is 144 Å². The third-order valence-corrected chi connectivity index (χ3v) is 4.17. The molecule has 0 fully saturated rings. The van der Waals surface area contributed by atoms with Gasteiger partial charge >= 0.3 is 0 Å². The normalized spacial score (nSPS) is 10.4. The molecule has 4 nitrogen and oxygen atoms in total. The number of nitrogens with two attached hydrogens (primary N) is 1. The number of methoxy groups -OCH3 is 1. The molecule has 126 valence electrons. The summed E-state index contributed by atoms with van der Waals surface area (Å²) in [6.07, 6.45) is 4.88. The number of aromatic nitrogens is 1. The van der Waals surface area contributed by atoms with Crippen molar-refractivity contribution in [3.8, 4) is 22.9 Å². The molecule has 0 saturated heterocycles. The minimum atomic E-state index is 0.310. The van der Waals surface area contributed by atoms with Crippen LogP contribution in [0.5, 0.6) is 5.75 Å². The van der Waals surface area contributed by atoms with Crippen molar-refractivity contribution in [2.75, 3.05) is 12.8 Å². The molecule has 0 unspecified atom stereocenters. The maximum Gasteiger partial charge on any atom is 0.142 e. The van der Waals surface area contributed by atoms with Gasteiger partial charge in [-0.3, -0.25) is 0 Å². The van der Waals surface area contributed by atoms with E-state index in [1.165, 1.54) is 0 Å². The highest BCUT2D eigenvalue weighted by Gasteiger charge is 2.21. The first-order valence-electron chi connectivity index (χ1n) is 8.52. The van der Waals surface area contributed by atoms with E-state index < -0.39 is 0 Å². The van der Waals surface area contributed by atoms with Gasteiger partial charge in [-0.25, -0.2) is 4.98 Å². The van der Waals surface area contributed by atoms with Crippen molar-refractivity contribution in [3.05, 3.63) is 41.1 Å². The summed E-state index contributed by atoms with van der Waals surface area (Å²) in [6.45, 7) is 4.30. The first kappa shape index (κ1) is 17.8. The Balaban J connectivity index is 2.79. The number of rotatable bonds is 7. The van der Waals surface area contributed by atoms with Gasteiger partial charge in [0.2, 0.25) is 0 Å². The predicted octanol–water partition coefficient (Wildman–Crippen LogP) is 4.51. The summed E-state index contributed by atoms with van der Waals surface area (Å²) < 4.78 is 5.52. The Hall–Kier alpha value is -2.54. The highest BCUT2D eigenvalue weighted by atomic mass is 16.5. The predicted molar refractivity (Wildman–Crippen MR) is 98.0 cm³/mol. The Kier molecular flexibility index (Phi) is 6.20. The number of nitriles is 1. The Bertz CT molecular complexity index is 747. The molecule has 0 aliphatic heterocycles. The van der Waals surface area contributed by atoms with Crippen molar-refractivity contribution in [3.63, 3.8) is 0 Å². The molecule has 4 heteroatoms. The number of unbranched alkanes of at least 4 members (excludes halogenated alkanes) is 1. The second kappa shape index (κ2) is 8.35. The molecule has 0 spiro atoms. The number of para-hydroxylation sites is 1. The fourth-order valence-electron chi connectivity index (χ4n) is 3.02. The van der Waals surface area contributed by atoms with Crippen LogP contribution in [0.3, 0.4) is 0 Å². The SMILES string of the molecule is CCCCc1nc(N)c(C#N)c(-c2ccccc2OC)c1CCC. The van der Waals surface area contributed by atoms with Crippen LogP contribution in [0.4, 0.5) is 5.82 Å². The molecule has 1 heterocycles. The Morgan fingerprint density at radius 2 is 1.92 bits per heavy atom. The van der Waals surface area contributed by atoms with Crippen molar-refractivity contribution in [1.29, 1.82) is 5.26 Å². The van der Waals surface area contributed by atoms with E-state index in [0.29, 0.717) is 11.4 Å². The van der Waals surface area contributed by atoms with Crippen LogP contribution in [-0.2, 0) is 12.8 Å². The van der Waals surface area contributed by atoms with Crippen molar-refractivity contribution in [2.24, 2.45) is 0 Å². The van der Waals surface area contributed by atoms with E-state index in [-0.39, 0.29) is 0 Å². The molecule has 2 N–H and O–H groups in total. The highest BCUT2D eigenvalue weighted by Crippen LogP contribution is 2.38. The van der Waals surface area contributed by atoms with Crippen molar-refractivity contribution >= 4 is 5.82 Å². The summed E-state index contributed by atoms with van der Waals surface area (Å²) in [5.74, 6) is 1.06. The van der Waals surface area contributed by atoms with Gasteiger partial charge in [0.25, 0.3) is 0 Å². The smallest absolute Gasteiger partial charge is 0.142 e. The number of hydrogen-bond acceptors (Lipinski definition) is 4. The first-order chi connectivity index (χ1) is 11.7. The molecule has 0 aliphatic carbocycles. The number of benzene rings is 1. The summed E-state index contributed by atoms with van der Waals surface area (Å²) in [6, 6.07) is 10.0. The fourth-order valence-corrected chi connectivity index (χ4v) is 3.02. The van der Waals surface area contributed by atoms with Crippen LogP contribution in [0.25, 0.3) is 11.1 Å². The van der Waals surface area contributed by atoms with Gasteiger partial charge in [0.1, 0.15) is 23.2 Å². The minimum absolute atomic E-state index is 0.310. The lowest BCUT2D eigenvalue weighted by Gasteiger charge is -2.19. The Morgan fingerprint density at radius 3 is 2.54 bits per heavy atom. The molecule has 1 aromatic carbocycles. The maximum atomic E-state index is 9.67. The van der Waals surface area contributed by atoms with Crippen LogP contribution in [-0.4, -0.2) is 12.1 Å². The molecule has 2 aromatic rings. The molecule has 0 atom stereocenters. The molecule has 0 radical (unpaired) electrons. The average Bonchev–Trinajstić information content (AvgIpc) is 2.61. The summed E-state index contributed by atoms with van der Waals surface area (Å²) in [7, 11) is 1.65. The zero-order valence-electron chi connectivity index (χ0n) is 14.7. The lowest BCUT2D eigenvalue weighted by Crippen LogP contribution is -2.08. The van der Waals surface area contributed by atoms with E-state index in [9.17, 15) is 5.26 Å². The quantitative estimate of drug-likeness (QED) is 0.814. The number of nitrogens with zero attached hydrogens (tertiary/aromatic N) is 2. The van der Waals surface area contributed by atoms with E-state index in [1.54, 1.807) is 7.11 Å². The average molecular weight is 323 g/mol. The van der Waals surface area contributed by atoms with Crippen LogP contribution in [0.15, 0.2) is 24.3 Å². The largest absolute Gasteiger partial charge is 0.496 e. The maximum absolute atomic E-state index is 9.67. The van der Waals surface area contributed by atoms with E-state index in [1.807, 2.05) is 24.3 Å². The van der Waals surface area contributed by atoms with Gasteiger partial charge in [0.15, 0.2) is 0 Å². The second-order valence-corrected chi connectivity index (χ2v) is 5.84. The van der Waals surface area contributed by atoms with Gasteiger partial charge in [-0.05, 0) is 30.9 Å². The Morgan fingerprint density at radius 1 is 1.17 bits per heavy atom. The van der Waals surface area contributed by atoms with Crippen LogP contribution < -0.4 is 10.5 Å². The molecule has 2 rings (SSSR count). The monoisotopic (exact) mass is 323 g/mol. The molecule has 0 amide bonds. The van der Waals surface area contributed by atoms with Gasteiger partial charge in [-0.1, -0.05) is 44.9 Å². The van der Waals surface area contributed by atoms with Gasteiger partial charge in [0, 0.05) is 16.8 Å². The van der Waals surface area contributed by atoms with Gasteiger partial charge in [0.05, 0.1) is 7.11 Å². The van der Waals surface area contributed by atoms with Gasteiger partial charge in [-0.2, -0.15) is 5.26 Å². The zero-order chi connectivity index (χ0) is 17.5. The number of anilines is 1. The number of pyridine rings is 1. The molecule has 24 heavy (non-hydrogen) atoms. The number of nitrogen functional groups attached to an aromatic ring is 1. The molecular formula is C20H25N3O. The van der Waals surface area contributed by atoms with Crippen LogP contribution in [0, 0.1) is 11.3 Å². The molecule has 0 bridgehead atoms. The van der Waals surface area contributed by atoms with Crippen molar-refractivity contribution in [1.82, 2.24) is 4.98 Å². The molecule has 1 aromatic heterocycles. The lowest BCUT2D eigenvalue weighted by atomic mass is 9.90. The third kappa shape index (κ3) is 3.51. The topological polar surface area (TPSA) is 71.9 Å². The number of hydrogen-bond donors (Lipinski definition) is 1. The van der Waals surface area contributed by atoms with E-state index in [2.05, 4.69) is 24.9 Å². The first-order valence-corrected chi connectivity index (χ1v) is 8.52. The minimum Gasteiger partial charge on any atom is -0.496 e. The van der Waals surface area contributed by atoms with Crippen LogP contribution in [0.2, 0.25) is 0 Å². The summed E-state index contributed by atoms with van der Waals surface area (Å²) >= 11 is 0. The van der Waals surface area contributed by atoms with Crippen LogP contribution in [0.1, 0.15) is 49.9 Å². The van der Waals surface area contributed by atoms with Crippen molar-refractivity contribution in [2.45, 2.75) is 46.0 Å². The van der Waals surface area contributed by atoms with E-state index in [4.69, 9.17) is 10.5 Å². The van der Waals surface area contributed by atoms with Gasteiger partial charge in [-0.15, -0.1) is 0 Å². The zero-order valence-corrected chi connectivity index (χ0v) is 14.7. The van der Waals surface area contributed by atoms with Gasteiger partial charge < -0.3 is 10.5 Å². The van der Waals surface area contributed by atoms with E-state index >= 15 is 0 Å². The second-order valence-electron chi connectivity index (χ2n) is 5.84.